The monoisotopic (exact) mass is 495 g/mol. The first-order chi connectivity index (χ1) is 16.9. The predicted octanol–water partition coefficient (Wildman–Crippen LogP) is 3.50. The molecule has 10 heteroatoms. The molecule has 1 fully saturated rings. The van der Waals surface area contributed by atoms with Crippen molar-refractivity contribution in [1.29, 1.82) is 0 Å². The highest BCUT2D eigenvalue weighted by Gasteiger charge is 2.33. The van der Waals surface area contributed by atoms with Gasteiger partial charge >= 0.3 is 11.9 Å². The number of benzene rings is 2. The van der Waals surface area contributed by atoms with Gasteiger partial charge in [0.25, 0.3) is 5.91 Å². The highest BCUT2D eigenvalue weighted by atomic mass is 32.2. The summed E-state index contributed by atoms with van der Waals surface area (Å²) in [6, 6.07) is 12.3. The van der Waals surface area contributed by atoms with Gasteiger partial charge in [0.2, 0.25) is 5.91 Å². The SMILES string of the molecule is COC(=O)c1ccc(OC(=O)c2ccc(NC(=O)CC3SC(N4CCCCC4)=NC3=O)cc2)cc1. The molecule has 0 saturated carbocycles. The largest absolute Gasteiger partial charge is 0.465 e. The summed E-state index contributed by atoms with van der Waals surface area (Å²) >= 11 is 1.35. The number of carbonyl (C=O) groups is 4. The lowest BCUT2D eigenvalue weighted by Crippen LogP contribution is -2.33. The molecule has 1 saturated heterocycles. The number of thioether (sulfide) groups is 1. The van der Waals surface area contributed by atoms with Crippen LogP contribution in [-0.2, 0) is 14.3 Å². The second-order valence-corrected chi connectivity index (χ2v) is 9.29. The molecule has 0 radical (unpaired) electrons. The first kappa shape index (κ1) is 24.5. The van der Waals surface area contributed by atoms with Crippen LogP contribution < -0.4 is 10.1 Å². The van der Waals surface area contributed by atoms with Crippen molar-refractivity contribution in [3.05, 3.63) is 59.7 Å². The summed E-state index contributed by atoms with van der Waals surface area (Å²) in [5.74, 6) is -1.35. The number of hydrogen-bond acceptors (Lipinski definition) is 8. The van der Waals surface area contributed by atoms with Crippen LogP contribution in [0.2, 0.25) is 0 Å². The minimum absolute atomic E-state index is 0.0235. The zero-order valence-corrected chi connectivity index (χ0v) is 20.0. The number of piperidine rings is 1. The number of aliphatic imine (C=N–C) groups is 1. The van der Waals surface area contributed by atoms with E-state index in [1.165, 1.54) is 61.7 Å². The van der Waals surface area contributed by atoms with Gasteiger partial charge in [0.05, 0.1) is 18.2 Å². The fourth-order valence-corrected chi connectivity index (χ4v) is 4.86. The van der Waals surface area contributed by atoms with Gasteiger partial charge < -0.3 is 19.7 Å². The number of esters is 2. The van der Waals surface area contributed by atoms with Crippen LogP contribution in [0, 0.1) is 0 Å². The molecule has 2 aromatic rings. The Morgan fingerprint density at radius 2 is 1.60 bits per heavy atom. The Morgan fingerprint density at radius 3 is 2.26 bits per heavy atom. The van der Waals surface area contributed by atoms with E-state index in [0.717, 1.165) is 31.1 Å². The maximum Gasteiger partial charge on any atom is 0.343 e. The number of anilines is 1. The average Bonchev–Trinajstić information content (AvgIpc) is 3.24. The Labute approximate surface area is 206 Å². The Hall–Kier alpha value is -3.66. The van der Waals surface area contributed by atoms with Crippen LogP contribution in [0.25, 0.3) is 0 Å². The number of carbonyl (C=O) groups excluding carboxylic acids is 4. The van der Waals surface area contributed by atoms with Crippen molar-refractivity contribution in [2.45, 2.75) is 30.9 Å². The van der Waals surface area contributed by atoms with Crippen LogP contribution in [0.1, 0.15) is 46.4 Å². The molecule has 35 heavy (non-hydrogen) atoms. The third-order valence-electron chi connectivity index (χ3n) is 5.62. The Bertz CT molecular complexity index is 1140. The van der Waals surface area contributed by atoms with Gasteiger partial charge in [-0.25, -0.2) is 9.59 Å². The van der Waals surface area contributed by atoms with Crippen molar-refractivity contribution in [1.82, 2.24) is 4.90 Å². The fraction of sp³-hybridized carbons (Fsp3) is 0.320. The normalized spacial score (nSPS) is 17.5. The van der Waals surface area contributed by atoms with E-state index >= 15 is 0 Å². The number of amidine groups is 1. The van der Waals surface area contributed by atoms with E-state index in [-0.39, 0.29) is 24.0 Å². The smallest absolute Gasteiger partial charge is 0.343 e. The van der Waals surface area contributed by atoms with Crippen LogP contribution in [0.15, 0.2) is 53.5 Å². The molecule has 2 heterocycles. The number of ether oxygens (including phenoxy) is 2. The van der Waals surface area contributed by atoms with E-state index < -0.39 is 17.2 Å². The standard InChI is InChI=1S/C25H25N3O6S/c1-33-23(31)16-7-11-19(12-8-16)34-24(32)17-5-9-18(10-6-17)26-21(29)15-20-22(30)27-25(35-20)28-13-3-2-4-14-28/h5-12,20H,2-4,13-15H2,1H3,(H,26,29). The quantitative estimate of drug-likeness (QED) is 0.478. The van der Waals surface area contributed by atoms with Crippen LogP contribution in [0.3, 0.4) is 0 Å². The molecule has 1 N–H and O–H groups in total. The highest BCUT2D eigenvalue weighted by molar-refractivity contribution is 8.15. The number of nitrogens with zero attached hydrogens (tertiary/aromatic N) is 2. The third-order valence-corrected chi connectivity index (χ3v) is 6.83. The lowest BCUT2D eigenvalue weighted by atomic mass is 10.1. The Kier molecular flexibility index (Phi) is 7.81. The first-order valence-corrected chi connectivity index (χ1v) is 12.2. The van der Waals surface area contributed by atoms with Crippen molar-refractivity contribution in [3.63, 3.8) is 0 Å². The lowest BCUT2D eigenvalue weighted by molar-refractivity contribution is -0.121. The zero-order chi connectivity index (χ0) is 24.8. The summed E-state index contributed by atoms with van der Waals surface area (Å²) < 4.78 is 9.95. The molecule has 0 aliphatic carbocycles. The summed E-state index contributed by atoms with van der Waals surface area (Å²) in [6.45, 7) is 1.79. The first-order valence-electron chi connectivity index (χ1n) is 11.3. The van der Waals surface area contributed by atoms with E-state index in [2.05, 4.69) is 19.9 Å². The van der Waals surface area contributed by atoms with Crippen LogP contribution in [-0.4, -0.2) is 59.3 Å². The second kappa shape index (κ2) is 11.2. The number of likely N-dealkylation sites (tertiary alicyclic amines) is 1. The summed E-state index contributed by atoms with van der Waals surface area (Å²) in [5, 5.41) is 2.95. The average molecular weight is 496 g/mol. The highest BCUT2D eigenvalue weighted by Crippen LogP contribution is 2.29. The van der Waals surface area contributed by atoms with Gasteiger partial charge in [-0.15, -0.1) is 0 Å². The molecule has 2 aliphatic heterocycles. The van der Waals surface area contributed by atoms with E-state index in [0.29, 0.717) is 16.8 Å². The molecular formula is C25H25N3O6S. The van der Waals surface area contributed by atoms with Crippen LogP contribution >= 0.6 is 11.8 Å². The molecule has 182 valence electrons. The Morgan fingerprint density at radius 1 is 0.971 bits per heavy atom. The second-order valence-electron chi connectivity index (χ2n) is 8.12. The third kappa shape index (κ3) is 6.27. The molecule has 1 atom stereocenters. The van der Waals surface area contributed by atoms with Gasteiger partial charge in [0.15, 0.2) is 5.17 Å². The number of rotatable bonds is 6. The molecule has 2 aromatic carbocycles. The van der Waals surface area contributed by atoms with E-state index in [1.54, 1.807) is 12.1 Å². The number of methoxy groups -OCH3 is 1. The van der Waals surface area contributed by atoms with Gasteiger partial charge in [0, 0.05) is 25.2 Å². The molecular weight excluding hydrogens is 470 g/mol. The molecule has 0 spiro atoms. The van der Waals surface area contributed by atoms with E-state index in [9.17, 15) is 19.2 Å². The molecule has 2 amide bonds. The summed E-state index contributed by atoms with van der Waals surface area (Å²) in [4.78, 5) is 54.9. The van der Waals surface area contributed by atoms with Crippen LogP contribution in [0.5, 0.6) is 5.75 Å². The van der Waals surface area contributed by atoms with Crippen molar-refractivity contribution in [3.8, 4) is 5.75 Å². The molecule has 4 rings (SSSR count). The molecule has 1 unspecified atom stereocenters. The molecule has 9 nitrogen and oxygen atoms in total. The summed E-state index contributed by atoms with van der Waals surface area (Å²) in [7, 11) is 1.29. The van der Waals surface area contributed by atoms with Crippen molar-refractivity contribution < 1.29 is 28.7 Å². The summed E-state index contributed by atoms with van der Waals surface area (Å²) in [5.41, 5.74) is 1.14. The van der Waals surface area contributed by atoms with E-state index in [4.69, 9.17) is 4.74 Å². The maximum atomic E-state index is 12.5. The van der Waals surface area contributed by atoms with Crippen molar-refractivity contribution >= 4 is 46.4 Å². The minimum atomic E-state index is -0.580. The predicted molar refractivity (Wildman–Crippen MR) is 132 cm³/mol. The molecule has 0 aromatic heterocycles. The lowest BCUT2D eigenvalue weighted by Gasteiger charge is -2.27. The minimum Gasteiger partial charge on any atom is -0.465 e. The van der Waals surface area contributed by atoms with Crippen LogP contribution in [0.4, 0.5) is 5.69 Å². The molecule has 0 bridgehead atoms. The molecule has 2 aliphatic rings. The maximum absolute atomic E-state index is 12.5. The van der Waals surface area contributed by atoms with Gasteiger partial charge in [-0.1, -0.05) is 11.8 Å². The topological polar surface area (TPSA) is 114 Å². The van der Waals surface area contributed by atoms with Gasteiger partial charge in [-0.05, 0) is 67.8 Å². The zero-order valence-electron chi connectivity index (χ0n) is 19.2. The number of nitrogens with one attached hydrogen (secondary N) is 1. The Balaban J connectivity index is 1.27. The number of hydrogen-bond donors (Lipinski definition) is 1. The number of amides is 2. The van der Waals surface area contributed by atoms with Gasteiger partial charge in [-0.2, -0.15) is 4.99 Å². The van der Waals surface area contributed by atoms with E-state index in [1.807, 2.05) is 0 Å². The summed E-state index contributed by atoms with van der Waals surface area (Å²) in [6.07, 6.45) is 3.39. The fourth-order valence-electron chi connectivity index (χ4n) is 3.74. The van der Waals surface area contributed by atoms with Crippen molar-refractivity contribution in [2.24, 2.45) is 4.99 Å². The van der Waals surface area contributed by atoms with Gasteiger partial charge in [-0.3, -0.25) is 9.59 Å². The van der Waals surface area contributed by atoms with Gasteiger partial charge in [0.1, 0.15) is 11.0 Å². The van der Waals surface area contributed by atoms with Crippen molar-refractivity contribution in [2.75, 3.05) is 25.5 Å².